The molecule has 2 aromatic carbocycles. The standard InChI is InChI=1S/C21H27ClN2O4/c1-2-27-19-12-17(14-23-10-11-25)18(22)13-20(19)28-15-21(26)24-9-8-16-6-4-3-5-7-16/h3-7,12-13,23,25H,2,8-11,14-15H2,1H3,(H,24,26)/p+1. The van der Waals surface area contributed by atoms with Crippen molar-refractivity contribution in [3.8, 4) is 11.5 Å². The summed E-state index contributed by atoms with van der Waals surface area (Å²) >= 11 is 6.33. The summed E-state index contributed by atoms with van der Waals surface area (Å²) in [5.41, 5.74) is 2.06. The summed E-state index contributed by atoms with van der Waals surface area (Å²) < 4.78 is 11.3. The van der Waals surface area contributed by atoms with Gasteiger partial charge in [0.05, 0.1) is 24.8 Å². The second-order valence-electron chi connectivity index (χ2n) is 6.20. The van der Waals surface area contributed by atoms with Crippen molar-refractivity contribution in [2.45, 2.75) is 19.9 Å². The minimum absolute atomic E-state index is 0.108. The first-order valence-corrected chi connectivity index (χ1v) is 9.83. The Morgan fingerprint density at radius 2 is 1.93 bits per heavy atom. The summed E-state index contributed by atoms with van der Waals surface area (Å²) in [6.45, 7) is 4.12. The molecule has 0 aromatic heterocycles. The van der Waals surface area contributed by atoms with E-state index in [9.17, 15) is 4.79 Å². The maximum atomic E-state index is 12.1. The Morgan fingerprint density at radius 3 is 2.64 bits per heavy atom. The number of aliphatic hydroxyl groups is 1. The molecule has 4 N–H and O–H groups in total. The average molecular weight is 408 g/mol. The number of amides is 1. The van der Waals surface area contributed by atoms with Gasteiger partial charge in [-0.05, 0) is 25.0 Å². The number of quaternary nitrogens is 1. The molecule has 0 unspecified atom stereocenters. The van der Waals surface area contributed by atoms with E-state index in [1.807, 2.05) is 48.6 Å². The molecule has 7 heteroatoms. The van der Waals surface area contributed by atoms with Crippen LogP contribution in [-0.2, 0) is 17.8 Å². The van der Waals surface area contributed by atoms with Gasteiger partial charge in [-0.2, -0.15) is 0 Å². The average Bonchev–Trinajstić information content (AvgIpc) is 2.70. The molecule has 2 rings (SSSR count). The molecule has 0 heterocycles. The number of rotatable bonds is 12. The predicted molar refractivity (Wildman–Crippen MR) is 109 cm³/mol. The number of aliphatic hydroxyl groups excluding tert-OH is 1. The third-order valence-corrected chi connectivity index (χ3v) is 4.40. The van der Waals surface area contributed by atoms with Gasteiger partial charge in [0.2, 0.25) is 0 Å². The van der Waals surface area contributed by atoms with Crippen molar-refractivity contribution in [1.29, 1.82) is 0 Å². The smallest absolute Gasteiger partial charge is 0.257 e. The van der Waals surface area contributed by atoms with E-state index in [4.69, 9.17) is 26.2 Å². The summed E-state index contributed by atoms with van der Waals surface area (Å²) in [4.78, 5) is 12.1. The van der Waals surface area contributed by atoms with Gasteiger partial charge in [0.25, 0.3) is 5.91 Å². The molecule has 0 aliphatic carbocycles. The van der Waals surface area contributed by atoms with Crippen LogP contribution in [0.25, 0.3) is 0 Å². The first-order chi connectivity index (χ1) is 13.6. The molecule has 0 atom stereocenters. The lowest BCUT2D eigenvalue weighted by atomic mass is 10.1. The van der Waals surface area contributed by atoms with E-state index >= 15 is 0 Å². The maximum Gasteiger partial charge on any atom is 0.257 e. The molecule has 0 spiro atoms. The number of halogens is 1. The van der Waals surface area contributed by atoms with Crippen molar-refractivity contribution < 1.29 is 24.7 Å². The fourth-order valence-electron chi connectivity index (χ4n) is 2.65. The van der Waals surface area contributed by atoms with E-state index < -0.39 is 0 Å². The fourth-order valence-corrected chi connectivity index (χ4v) is 2.88. The minimum Gasteiger partial charge on any atom is -0.490 e. The first-order valence-electron chi connectivity index (χ1n) is 9.45. The molecular weight excluding hydrogens is 380 g/mol. The van der Waals surface area contributed by atoms with E-state index in [-0.39, 0.29) is 19.1 Å². The van der Waals surface area contributed by atoms with E-state index in [0.29, 0.717) is 42.8 Å². The molecular formula is C21H28ClN2O4+. The van der Waals surface area contributed by atoms with Crippen molar-refractivity contribution >= 4 is 17.5 Å². The minimum atomic E-state index is -0.199. The topological polar surface area (TPSA) is 84.4 Å². The second-order valence-corrected chi connectivity index (χ2v) is 6.61. The molecule has 28 heavy (non-hydrogen) atoms. The summed E-state index contributed by atoms with van der Waals surface area (Å²) in [6.07, 6.45) is 0.766. The van der Waals surface area contributed by atoms with Crippen LogP contribution in [0, 0.1) is 0 Å². The number of carbonyl (C=O) groups is 1. The lowest BCUT2D eigenvalue weighted by Crippen LogP contribution is -2.83. The Balaban J connectivity index is 1.88. The van der Waals surface area contributed by atoms with Crippen molar-refractivity contribution in [2.24, 2.45) is 0 Å². The molecule has 0 bridgehead atoms. The molecule has 0 saturated carbocycles. The van der Waals surface area contributed by atoms with Crippen LogP contribution in [-0.4, -0.2) is 43.9 Å². The van der Waals surface area contributed by atoms with Crippen LogP contribution >= 0.6 is 11.6 Å². The maximum absolute atomic E-state index is 12.1. The molecule has 0 aliphatic rings. The molecule has 0 aliphatic heterocycles. The van der Waals surface area contributed by atoms with Crippen LogP contribution in [0.3, 0.4) is 0 Å². The Bertz CT molecular complexity index is 741. The van der Waals surface area contributed by atoms with Gasteiger partial charge in [0.15, 0.2) is 18.1 Å². The molecule has 0 fully saturated rings. The number of benzene rings is 2. The SMILES string of the molecule is CCOc1cc(C[NH2+]CCO)c(Cl)cc1OCC(=O)NCCc1ccccc1. The van der Waals surface area contributed by atoms with E-state index in [2.05, 4.69) is 5.32 Å². The van der Waals surface area contributed by atoms with E-state index in [1.165, 1.54) is 5.56 Å². The van der Waals surface area contributed by atoms with Gasteiger partial charge in [-0.25, -0.2) is 0 Å². The molecule has 6 nitrogen and oxygen atoms in total. The lowest BCUT2D eigenvalue weighted by molar-refractivity contribution is -0.671. The molecule has 0 radical (unpaired) electrons. The summed E-state index contributed by atoms with van der Waals surface area (Å²) in [5, 5.41) is 14.2. The summed E-state index contributed by atoms with van der Waals surface area (Å²) in [7, 11) is 0. The Kier molecular flexibility index (Phi) is 9.62. The van der Waals surface area contributed by atoms with E-state index in [0.717, 1.165) is 12.0 Å². The van der Waals surface area contributed by atoms with Gasteiger partial charge < -0.3 is 25.2 Å². The lowest BCUT2D eigenvalue weighted by Gasteiger charge is -2.14. The summed E-state index contributed by atoms with van der Waals surface area (Å²) in [6, 6.07) is 13.5. The highest BCUT2D eigenvalue weighted by molar-refractivity contribution is 6.31. The highest BCUT2D eigenvalue weighted by Gasteiger charge is 2.13. The monoisotopic (exact) mass is 407 g/mol. The third kappa shape index (κ3) is 7.38. The second kappa shape index (κ2) is 12.2. The highest BCUT2D eigenvalue weighted by atomic mass is 35.5. The number of nitrogens with two attached hydrogens (primary N) is 1. The summed E-state index contributed by atoms with van der Waals surface area (Å²) in [5.74, 6) is 0.794. The molecule has 0 saturated heterocycles. The van der Waals surface area contributed by atoms with Crippen LogP contribution in [0.15, 0.2) is 42.5 Å². The fraction of sp³-hybridized carbons (Fsp3) is 0.381. The number of carbonyl (C=O) groups excluding carboxylic acids is 1. The molecule has 2 aromatic rings. The van der Waals surface area contributed by atoms with Crippen LogP contribution in [0.2, 0.25) is 5.02 Å². The van der Waals surface area contributed by atoms with Gasteiger partial charge in [-0.15, -0.1) is 0 Å². The van der Waals surface area contributed by atoms with Crippen LogP contribution in [0.1, 0.15) is 18.1 Å². The van der Waals surface area contributed by atoms with Crippen molar-refractivity contribution in [3.05, 3.63) is 58.6 Å². The van der Waals surface area contributed by atoms with Crippen LogP contribution in [0.4, 0.5) is 0 Å². The van der Waals surface area contributed by atoms with Crippen molar-refractivity contribution in [3.63, 3.8) is 0 Å². The number of nitrogens with one attached hydrogen (secondary N) is 1. The first kappa shape index (κ1) is 22.0. The van der Waals surface area contributed by atoms with Gasteiger partial charge in [-0.1, -0.05) is 41.9 Å². The van der Waals surface area contributed by atoms with Crippen molar-refractivity contribution in [2.75, 3.05) is 32.9 Å². The zero-order valence-corrected chi connectivity index (χ0v) is 16.9. The highest BCUT2D eigenvalue weighted by Crippen LogP contribution is 2.33. The molecule has 1 amide bonds. The Morgan fingerprint density at radius 1 is 1.18 bits per heavy atom. The van der Waals surface area contributed by atoms with Gasteiger partial charge in [0, 0.05) is 18.2 Å². The van der Waals surface area contributed by atoms with Crippen LogP contribution < -0.4 is 20.1 Å². The largest absolute Gasteiger partial charge is 0.490 e. The van der Waals surface area contributed by atoms with Gasteiger partial charge in [-0.3, -0.25) is 4.79 Å². The molecule has 152 valence electrons. The number of ether oxygens (including phenoxy) is 2. The predicted octanol–water partition coefficient (Wildman–Crippen LogP) is 1.53. The van der Waals surface area contributed by atoms with Gasteiger partial charge >= 0.3 is 0 Å². The number of hydrogen-bond acceptors (Lipinski definition) is 4. The van der Waals surface area contributed by atoms with E-state index in [1.54, 1.807) is 6.07 Å². The number of hydrogen-bond donors (Lipinski definition) is 3. The van der Waals surface area contributed by atoms with Crippen molar-refractivity contribution in [1.82, 2.24) is 5.32 Å². The van der Waals surface area contributed by atoms with Gasteiger partial charge in [0.1, 0.15) is 6.54 Å². The van der Waals surface area contributed by atoms with Crippen LogP contribution in [0.5, 0.6) is 11.5 Å². The quantitative estimate of drug-likeness (QED) is 0.466. The zero-order chi connectivity index (χ0) is 20.2. The Hall–Kier alpha value is -2.28. The normalized spacial score (nSPS) is 10.5. The third-order valence-electron chi connectivity index (χ3n) is 4.05. The zero-order valence-electron chi connectivity index (χ0n) is 16.1. The Labute approximate surface area is 170 Å².